The van der Waals surface area contributed by atoms with Crippen LogP contribution in [0.25, 0.3) is 56.0 Å². The zero-order valence-corrected chi connectivity index (χ0v) is 20.6. The van der Waals surface area contributed by atoms with E-state index in [-0.39, 0.29) is 34.8 Å². The average molecular weight is 533 g/mol. The van der Waals surface area contributed by atoms with Gasteiger partial charge in [0.15, 0.2) is 11.6 Å². The number of benzene rings is 1. The quantitative estimate of drug-likeness (QED) is 0.329. The van der Waals surface area contributed by atoms with Crippen LogP contribution >= 0.6 is 0 Å². The van der Waals surface area contributed by atoms with Crippen LogP contribution in [0.2, 0.25) is 0 Å². The molecule has 10 nitrogen and oxygen atoms in total. The lowest BCUT2D eigenvalue weighted by Gasteiger charge is -2.06. The van der Waals surface area contributed by atoms with Crippen LogP contribution in [-0.2, 0) is 16.3 Å². The normalized spacial score (nSPS) is 12.0. The lowest BCUT2D eigenvalue weighted by molar-refractivity contribution is 0.600. The van der Waals surface area contributed by atoms with E-state index in [0.29, 0.717) is 38.9 Å². The fourth-order valence-corrected chi connectivity index (χ4v) is 4.87. The number of rotatable bonds is 6. The minimum atomic E-state index is -3.22. The van der Waals surface area contributed by atoms with Crippen LogP contribution in [-0.4, -0.2) is 60.5 Å². The molecule has 0 fully saturated rings. The van der Waals surface area contributed by atoms with Crippen LogP contribution in [0.5, 0.6) is 0 Å². The second-order valence-corrected chi connectivity index (χ2v) is 11.0. The first kappa shape index (κ1) is 23.7. The highest BCUT2D eigenvalue weighted by molar-refractivity contribution is 7.90. The molecule has 0 radical (unpaired) electrons. The summed E-state index contributed by atoms with van der Waals surface area (Å²) in [7, 11) is -3.22. The highest BCUT2D eigenvalue weighted by Crippen LogP contribution is 2.34. The monoisotopic (exact) mass is 532 g/mol. The van der Waals surface area contributed by atoms with Gasteiger partial charge in [-0.05, 0) is 36.2 Å². The highest BCUT2D eigenvalue weighted by Gasteiger charge is 2.21. The van der Waals surface area contributed by atoms with Crippen molar-refractivity contribution in [3.63, 3.8) is 0 Å². The van der Waals surface area contributed by atoms with Gasteiger partial charge < -0.3 is 4.98 Å². The van der Waals surface area contributed by atoms with Crippen molar-refractivity contribution in [2.75, 3.05) is 12.0 Å². The topological polar surface area (TPSA) is 143 Å². The van der Waals surface area contributed by atoms with E-state index in [0.717, 1.165) is 6.26 Å². The first-order valence-electron chi connectivity index (χ1n) is 11.4. The number of fused-ring (bicyclic) bond motifs is 2. The number of sulfone groups is 1. The zero-order valence-electron chi connectivity index (χ0n) is 19.8. The van der Waals surface area contributed by atoms with Crippen molar-refractivity contribution >= 4 is 31.8 Å². The molecule has 1 aromatic carbocycles. The van der Waals surface area contributed by atoms with E-state index in [1.165, 1.54) is 37.1 Å². The van der Waals surface area contributed by atoms with Gasteiger partial charge in [-0.25, -0.2) is 32.2 Å². The van der Waals surface area contributed by atoms with Crippen molar-refractivity contribution in [3.8, 4) is 34.0 Å². The van der Waals surface area contributed by atoms with Crippen LogP contribution in [0.4, 0.5) is 8.78 Å². The standard InChI is InChI=1S/C25H18F2N8O2S/c1-38(36,37)5-3-13-6-14(8-16(26)7-13)22-23-17(2-4-30-22)32-25(33-23)24-19-18(34-35-24)11-31-21(20(19)27)15-9-28-12-29-10-15/h2,4,6-12H,3,5H2,1H3,(H,32,33)(H,34,35). The summed E-state index contributed by atoms with van der Waals surface area (Å²) in [6.45, 7) is 0. The van der Waals surface area contributed by atoms with Crippen molar-refractivity contribution in [1.29, 1.82) is 0 Å². The van der Waals surface area contributed by atoms with E-state index in [2.05, 4.69) is 40.1 Å². The Kier molecular flexibility index (Phi) is 5.64. The van der Waals surface area contributed by atoms with Crippen molar-refractivity contribution in [2.45, 2.75) is 6.42 Å². The number of aryl methyl sites for hydroxylation is 1. The number of aromatic amines is 2. The number of hydrogen-bond donors (Lipinski definition) is 2. The third-order valence-electron chi connectivity index (χ3n) is 6.00. The first-order chi connectivity index (χ1) is 18.3. The summed E-state index contributed by atoms with van der Waals surface area (Å²) in [6.07, 6.45) is 8.58. The number of nitrogens with zero attached hydrogens (tertiary/aromatic N) is 6. The summed E-state index contributed by atoms with van der Waals surface area (Å²) in [5.41, 5.74) is 3.42. The molecule has 0 atom stereocenters. The van der Waals surface area contributed by atoms with Crippen LogP contribution in [0, 0.1) is 11.6 Å². The maximum Gasteiger partial charge on any atom is 0.161 e. The molecule has 0 aliphatic heterocycles. The Morgan fingerprint density at radius 2 is 1.74 bits per heavy atom. The largest absolute Gasteiger partial charge is 0.336 e. The fourth-order valence-electron chi connectivity index (χ4n) is 4.26. The molecule has 190 valence electrons. The van der Waals surface area contributed by atoms with E-state index in [4.69, 9.17) is 0 Å². The molecule has 2 N–H and O–H groups in total. The Balaban J connectivity index is 1.46. The van der Waals surface area contributed by atoms with Gasteiger partial charge in [-0.1, -0.05) is 0 Å². The number of nitrogens with one attached hydrogen (secondary N) is 2. The molecular weight excluding hydrogens is 514 g/mol. The summed E-state index contributed by atoms with van der Waals surface area (Å²) in [6, 6.07) is 5.99. The summed E-state index contributed by atoms with van der Waals surface area (Å²) in [5.74, 6) is -0.968. The van der Waals surface area contributed by atoms with Crippen LogP contribution in [0.1, 0.15) is 5.56 Å². The maximum atomic E-state index is 15.7. The molecule has 13 heteroatoms. The van der Waals surface area contributed by atoms with E-state index >= 15 is 4.39 Å². The van der Waals surface area contributed by atoms with Crippen molar-refractivity contribution < 1.29 is 17.2 Å². The van der Waals surface area contributed by atoms with E-state index in [1.54, 1.807) is 18.3 Å². The molecule has 0 aliphatic carbocycles. The zero-order chi connectivity index (χ0) is 26.4. The predicted octanol–water partition coefficient (Wildman–Crippen LogP) is 3.89. The third kappa shape index (κ3) is 4.36. The summed E-state index contributed by atoms with van der Waals surface area (Å²) in [5, 5.41) is 7.23. The first-order valence-corrected chi connectivity index (χ1v) is 13.4. The molecule has 0 unspecified atom stereocenters. The number of hydrogen-bond acceptors (Lipinski definition) is 8. The molecule has 0 aliphatic rings. The fraction of sp³-hybridized carbons (Fsp3) is 0.120. The Morgan fingerprint density at radius 3 is 2.53 bits per heavy atom. The Hall–Kier alpha value is -4.65. The van der Waals surface area contributed by atoms with Gasteiger partial charge in [0.1, 0.15) is 38.9 Å². The van der Waals surface area contributed by atoms with Gasteiger partial charge in [-0.3, -0.25) is 15.1 Å². The second kappa shape index (κ2) is 9.03. The predicted molar refractivity (Wildman–Crippen MR) is 137 cm³/mol. The minimum absolute atomic E-state index is 0.0700. The number of aromatic nitrogens is 8. The van der Waals surface area contributed by atoms with Crippen molar-refractivity contribution in [2.24, 2.45) is 0 Å². The van der Waals surface area contributed by atoms with Gasteiger partial charge in [-0.15, -0.1) is 0 Å². The average Bonchev–Trinajstić information content (AvgIpc) is 3.52. The van der Waals surface area contributed by atoms with Gasteiger partial charge in [0.25, 0.3) is 0 Å². The molecular formula is C25H18F2N8O2S. The van der Waals surface area contributed by atoms with E-state index < -0.39 is 21.5 Å². The second-order valence-electron chi connectivity index (χ2n) is 8.78. The molecule has 0 saturated carbocycles. The lowest BCUT2D eigenvalue weighted by Crippen LogP contribution is -2.06. The van der Waals surface area contributed by atoms with Gasteiger partial charge in [-0.2, -0.15) is 5.10 Å². The van der Waals surface area contributed by atoms with E-state index in [9.17, 15) is 12.8 Å². The highest BCUT2D eigenvalue weighted by atomic mass is 32.2. The minimum Gasteiger partial charge on any atom is -0.336 e. The Labute approximate surface area is 214 Å². The number of H-pyrrole nitrogens is 2. The van der Waals surface area contributed by atoms with Gasteiger partial charge in [0.05, 0.1) is 34.1 Å². The number of halogens is 2. The molecule has 0 amide bonds. The molecule has 5 aromatic heterocycles. The third-order valence-corrected chi connectivity index (χ3v) is 6.94. The summed E-state index contributed by atoms with van der Waals surface area (Å²) in [4.78, 5) is 24.2. The van der Waals surface area contributed by atoms with E-state index in [1.807, 2.05) is 0 Å². The lowest BCUT2D eigenvalue weighted by atomic mass is 10.0. The molecule has 38 heavy (non-hydrogen) atoms. The Bertz CT molecular complexity index is 1940. The summed E-state index contributed by atoms with van der Waals surface area (Å²) < 4.78 is 53.3. The molecule has 5 heterocycles. The molecule has 6 aromatic rings. The van der Waals surface area contributed by atoms with Gasteiger partial charge in [0.2, 0.25) is 0 Å². The molecule has 0 bridgehead atoms. The molecule has 0 saturated heterocycles. The maximum absolute atomic E-state index is 15.7. The van der Waals surface area contributed by atoms with Crippen molar-refractivity contribution in [3.05, 3.63) is 72.6 Å². The SMILES string of the molecule is CS(=O)(=O)CCc1cc(F)cc(-c2nccc3[nH]c(-c4n[nH]c5cnc(-c6cncnc6)c(F)c45)nc23)c1. The summed E-state index contributed by atoms with van der Waals surface area (Å²) >= 11 is 0. The van der Waals surface area contributed by atoms with Crippen molar-refractivity contribution in [1.82, 2.24) is 40.1 Å². The van der Waals surface area contributed by atoms with Gasteiger partial charge >= 0.3 is 0 Å². The molecule has 0 spiro atoms. The number of imidazole rings is 1. The van der Waals surface area contributed by atoms with Crippen LogP contribution < -0.4 is 0 Å². The van der Waals surface area contributed by atoms with Crippen LogP contribution in [0.3, 0.4) is 0 Å². The molecule has 6 rings (SSSR count). The smallest absolute Gasteiger partial charge is 0.161 e. The van der Waals surface area contributed by atoms with Crippen LogP contribution in [0.15, 0.2) is 55.4 Å². The Morgan fingerprint density at radius 1 is 0.921 bits per heavy atom. The number of pyridine rings is 2. The van der Waals surface area contributed by atoms with Gasteiger partial charge in [0, 0.05) is 36.0 Å².